The molecule has 1 fully saturated rings. The third kappa shape index (κ3) is 4.68. The van der Waals surface area contributed by atoms with E-state index in [2.05, 4.69) is 27.2 Å². The van der Waals surface area contributed by atoms with E-state index in [4.69, 9.17) is 4.42 Å². The molecule has 1 aromatic heterocycles. The number of rotatable bonds is 5. The Hall–Kier alpha value is -2.11. The van der Waals surface area contributed by atoms with Crippen LogP contribution in [0.2, 0.25) is 0 Å². The van der Waals surface area contributed by atoms with E-state index < -0.39 is 0 Å². The number of hydrogen-bond acceptors (Lipinski definition) is 4. The lowest BCUT2D eigenvalue weighted by Crippen LogP contribution is -2.45. The van der Waals surface area contributed by atoms with E-state index >= 15 is 0 Å². The van der Waals surface area contributed by atoms with Gasteiger partial charge in [-0.2, -0.15) is 0 Å². The lowest BCUT2D eigenvalue weighted by molar-refractivity contribution is -0.114. The van der Waals surface area contributed by atoms with Crippen molar-refractivity contribution in [2.45, 2.75) is 20.0 Å². The van der Waals surface area contributed by atoms with E-state index in [1.54, 1.807) is 6.26 Å². The molecular formula is C18H23N3O2. The topological polar surface area (TPSA) is 48.7 Å². The maximum atomic E-state index is 11.0. The second kappa shape index (κ2) is 7.44. The molecule has 0 unspecified atom stereocenters. The number of nitrogens with zero attached hydrogens (tertiary/aromatic N) is 2. The molecule has 0 aliphatic carbocycles. The van der Waals surface area contributed by atoms with Crippen LogP contribution in [0, 0.1) is 0 Å². The van der Waals surface area contributed by atoms with Crippen molar-refractivity contribution in [3.05, 3.63) is 54.0 Å². The summed E-state index contributed by atoms with van der Waals surface area (Å²) >= 11 is 0. The van der Waals surface area contributed by atoms with E-state index in [1.165, 1.54) is 12.5 Å². The number of carbonyl (C=O) groups excluding carboxylic acids is 1. The second-order valence-electron chi connectivity index (χ2n) is 6.01. The summed E-state index contributed by atoms with van der Waals surface area (Å²) in [5.41, 5.74) is 2.13. The number of hydrogen-bond donors (Lipinski definition) is 1. The molecule has 1 saturated heterocycles. The summed E-state index contributed by atoms with van der Waals surface area (Å²) in [5.74, 6) is 0.998. The first-order valence-electron chi connectivity index (χ1n) is 8.03. The van der Waals surface area contributed by atoms with E-state index in [0.717, 1.165) is 50.7 Å². The highest BCUT2D eigenvalue weighted by Crippen LogP contribution is 2.14. The lowest BCUT2D eigenvalue weighted by atomic mass is 10.1. The molecular weight excluding hydrogens is 290 g/mol. The van der Waals surface area contributed by atoms with Crippen LogP contribution in [-0.2, 0) is 17.9 Å². The third-order valence-corrected chi connectivity index (χ3v) is 4.10. The van der Waals surface area contributed by atoms with Gasteiger partial charge >= 0.3 is 0 Å². The van der Waals surface area contributed by atoms with Gasteiger partial charge < -0.3 is 9.73 Å². The number of amides is 1. The third-order valence-electron chi connectivity index (χ3n) is 4.10. The van der Waals surface area contributed by atoms with Gasteiger partial charge in [-0.15, -0.1) is 0 Å². The van der Waals surface area contributed by atoms with Gasteiger partial charge in [-0.1, -0.05) is 12.1 Å². The summed E-state index contributed by atoms with van der Waals surface area (Å²) in [7, 11) is 0. The van der Waals surface area contributed by atoms with Crippen LogP contribution in [-0.4, -0.2) is 41.9 Å². The molecule has 0 bridgehead atoms. The highest BCUT2D eigenvalue weighted by atomic mass is 16.3. The minimum Gasteiger partial charge on any atom is -0.468 e. The average molecular weight is 313 g/mol. The van der Waals surface area contributed by atoms with Crippen molar-refractivity contribution in [2.75, 3.05) is 31.5 Å². The van der Waals surface area contributed by atoms with Gasteiger partial charge in [-0.25, -0.2) is 0 Å². The van der Waals surface area contributed by atoms with Gasteiger partial charge in [-0.3, -0.25) is 14.6 Å². The summed E-state index contributed by atoms with van der Waals surface area (Å²) in [5, 5.41) is 2.79. The zero-order valence-corrected chi connectivity index (χ0v) is 13.5. The van der Waals surface area contributed by atoms with Crippen LogP contribution in [0.25, 0.3) is 0 Å². The van der Waals surface area contributed by atoms with Crippen molar-refractivity contribution in [1.29, 1.82) is 0 Å². The fourth-order valence-electron chi connectivity index (χ4n) is 2.88. The molecule has 5 nitrogen and oxygen atoms in total. The Morgan fingerprint density at radius 1 is 1.04 bits per heavy atom. The van der Waals surface area contributed by atoms with E-state index in [1.807, 2.05) is 24.3 Å². The van der Waals surface area contributed by atoms with E-state index in [0.29, 0.717) is 0 Å². The molecule has 1 N–H and O–H groups in total. The SMILES string of the molecule is CC(=O)Nc1ccc(CN2CCN(Cc3ccco3)CC2)cc1. The molecule has 5 heteroatoms. The molecule has 2 aromatic rings. The summed E-state index contributed by atoms with van der Waals surface area (Å²) in [6, 6.07) is 12.1. The summed E-state index contributed by atoms with van der Waals surface area (Å²) in [6.07, 6.45) is 1.73. The van der Waals surface area contributed by atoms with E-state index in [9.17, 15) is 4.79 Å². The molecule has 0 radical (unpaired) electrons. The van der Waals surface area contributed by atoms with Crippen LogP contribution in [0.3, 0.4) is 0 Å². The van der Waals surface area contributed by atoms with Gasteiger partial charge in [-0.05, 0) is 29.8 Å². The normalized spacial score (nSPS) is 16.4. The Morgan fingerprint density at radius 3 is 2.26 bits per heavy atom. The molecule has 122 valence electrons. The standard InChI is InChI=1S/C18H23N3O2/c1-15(22)19-17-6-4-16(5-7-17)13-20-8-10-21(11-9-20)14-18-3-2-12-23-18/h2-7,12H,8-11,13-14H2,1H3,(H,19,22). The molecule has 1 aliphatic rings. The molecule has 3 rings (SSSR count). The Kier molecular flexibility index (Phi) is 5.10. The van der Waals surface area contributed by atoms with Crippen LogP contribution in [0.4, 0.5) is 5.69 Å². The van der Waals surface area contributed by atoms with Crippen molar-refractivity contribution in [1.82, 2.24) is 9.80 Å². The molecule has 1 amide bonds. The Balaban J connectivity index is 1.45. The molecule has 0 spiro atoms. The van der Waals surface area contributed by atoms with Crippen LogP contribution < -0.4 is 5.32 Å². The van der Waals surface area contributed by atoms with Gasteiger partial charge in [0.25, 0.3) is 0 Å². The average Bonchev–Trinajstić information content (AvgIpc) is 3.04. The number of benzene rings is 1. The Labute approximate surface area is 136 Å². The Morgan fingerprint density at radius 2 is 1.70 bits per heavy atom. The monoisotopic (exact) mass is 313 g/mol. The van der Waals surface area contributed by atoms with Gasteiger partial charge in [0, 0.05) is 45.3 Å². The van der Waals surface area contributed by atoms with Crippen molar-refractivity contribution in [2.24, 2.45) is 0 Å². The number of nitrogens with one attached hydrogen (secondary N) is 1. The Bertz CT molecular complexity index is 614. The minimum absolute atomic E-state index is 0.0366. The molecule has 0 atom stereocenters. The van der Waals surface area contributed by atoms with Gasteiger partial charge in [0.05, 0.1) is 12.8 Å². The summed E-state index contributed by atoms with van der Waals surface area (Å²) in [4.78, 5) is 15.9. The number of furan rings is 1. The van der Waals surface area contributed by atoms with Crippen LogP contribution in [0.5, 0.6) is 0 Å². The zero-order valence-electron chi connectivity index (χ0n) is 13.5. The maximum absolute atomic E-state index is 11.0. The number of carbonyl (C=O) groups is 1. The summed E-state index contributed by atoms with van der Waals surface area (Å²) < 4.78 is 5.41. The predicted molar refractivity (Wildman–Crippen MR) is 90.0 cm³/mol. The largest absolute Gasteiger partial charge is 0.468 e. The van der Waals surface area contributed by atoms with Crippen LogP contribution in [0.1, 0.15) is 18.2 Å². The fraction of sp³-hybridized carbons (Fsp3) is 0.389. The van der Waals surface area contributed by atoms with Crippen molar-refractivity contribution < 1.29 is 9.21 Å². The van der Waals surface area contributed by atoms with Gasteiger partial charge in [0.1, 0.15) is 5.76 Å². The minimum atomic E-state index is -0.0366. The molecule has 2 heterocycles. The van der Waals surface area contributed by atoms with Crippen molar-refractivity contribution >= 4 is 11.6 Å². The lowest BCUT2D eigenvalue weighted by Gasteiger charge is -2.34. The molecule has 1 aromatic carbocycles. The van der Waals surface area contributed by atoms with Crippen LogP contribution in [0.15, 0.2) is 47.1 Å². The highest BCUT2D eigenvalue weighted by Gasteiger charge is 2.17. The fourth-order valence-corrected chi connectivity index (χ4v) is 2.88. The summed E-state index contributed by atoms with van der Waals surface area (Å²) in [6.45, 7) is 7.62. The van der Waals surface area contributed by atoms with Gasteiger partial charge in [0.2, 0.25) is 5.91 Å². The first-order chi connectivity index (χ1) is 11.2. The number of piperazine rings is 1. The smallest absolute Gasteiger partial charge is 0.221 e. The van der Waals surface area contributed by atoms with Crippen molar-refractivity contribution in [3.63, 3.8) is 0 Å². The van der Waals surface area contributed by atoms with Crippen LogP contribution >= 0.6 is 0 Å². The number of anilines is 1. The molecule has 23 heavy (non-hydrogen) atoms. The molecule has 1 aliphatic heterocycles. The first-order valence-corrected chi connectivity index (χ1v) is 8.03. The maximum Gasteiger partial charge on any atom is 0.221 e. The van der Waals surface area contributed by atoms with Gasteiger partial charge in [0.15, 0.2) is 0 Å². The quantitative estimate of drug-likeness (QED) is 0.921. The first kappa shape index (κ1) is 15.8. The van der Waals surface area contributed by atoms with E-state index in [-0.39, 0.29) is 5.91 Å². The predicted octanol–water partition coefficient (Wildman–Crippen LogP) is 2.56. The molecule has 0 saturated carbocycles. The highest BCUT2D eigenvalue weighted by molar-refractivity contribution is 5.88. The second-order valence-corrected chi connectivity index (χ2v) is 6.01. The zero-order chi connectivity index (χ0) is 16.1. The van der Waals surface area contributed by atoms with Crippen molar-refractivity contribution in [3.8, 4) is 0 Å².